The molecule has 7 heteroatoms. The zero-order chi connectivity index (χ0) is 74.5. The van der Waals surface area contributed by atoms with Crippen LogP contribution in [0.1, 0.15) is 161 Å². The van der Waals surface area contributed by atoms with Gasteiger partial charge in [-0.25, -0.2) is 0 Å². The third kappa shape index (κ3) is 23.8. The number of Topliss-reactive ketones (excluding diaryl/α,β-unsaturated/α-hetero) is 5. The van der Waals surface area contributed by atoms with Crippen LogP contribution in [0.15, 0.2) is 376 Å². The highest BCUT2D eigenvalue weighted by molar-refractivity contribution is 6.35. The molecule has 13 aromatic carbocycles. The minimum absolute atomic E-state index is 0.0272. The summed E-state index contributed by atoms with van der Waals surface area (Å²) in [5.41, 5.74) is 15.2. The summed E-state index contributed by atoms with van der Waals surface area (Å²) in [4.78, 5) is 85.7. The molecule has 0 atom stereocenters. The van der Waals surface area contributed by atoms with Crippen LogP contribution in [0, 0.1) is 0 Å². The average Bonchev–Trinajstić information content (AvgIpc) is 0.833. The van der Waals surface area contributed by atoms with Gasteiger partial charge in [0.15, 0.2) is 28.9 Å². The van der Waals surface area contributed by atoms with Crippen LogP contribution < -0.4 is 0 Å². The predicted molar refractivity (Wildman–Crippen MR) is 439 cm³/mol. The molecule has 524 valence electrons. The van der Waals surface area contributed by atoms with Gasteiger partial charge in [-0.3, -0.25) is 33.6 Å². The van der Waals surface area contributed by atoms with E-state index in [4.69, 9.17) is 0 Å². The van der Waals surface area contributed by atoms with E-state index in [2.05, 4.69) is 0 Å². The van der Waals surface area contributed by atoms with E-state index in [1.165, 1.54) is 38.5 Å². The molecule has 0 saturated heterocycles. The van der Waals surface area contributed by atoms with Gasteiger partial charge >= 0.3 is 0 Å². The lowest BCUT2D eigenvalue weighted by atomic mass is 9.93. The molecule has 0 bridgehead atoms. The highest BCUT2D eigenvalue weighted by Crippen LogP contribution is 2.29. The second-order valence-corrected chi connectivity index (χ2v) is 25.3. The molecular formula is C100H82O7. The maximum absolute atomic E-state index is 13.4. The molecule has 0 radical (unpaired) electrons. The van der Waals surface area contributed by atoms with E-state index >= 15 is 0 Å². The van der Waals surface area contributed by atoms with E-state index in [9.17, 15) is 33.6 Å². The summed E-state index contributed by atoms with van der Waals surface area (Å²) >= 11 is 0. The lowest BCUT2D eigenvalue weighted by molar-refractivity contribution is 0.0989. The Morgan fingerprint density at radius 2 is 0.364 bits per heavy atom. The molecule has 0 N–H and O–H groups in total. The Balaban J connectivity index is 0.000000164. The molecule has 0 unspecified atom stereocenters. The third-order valence-electron chi connectivity index (χ3n) is 17.6. The number of ketones is 5. The van der Waals surface area contributed by atoms with E-state index in [1.807, 2.05) is 376 Å². The number of allylic oxidation sites excluding steroid dienone is 4. The van der Waals surface area contributed by atoms with Gasteiger partial charge in [-0.05, 0) is 74.4 Å². The molecule has 7 nitrogen and oxygen atoms in total. The Bertz CT molecular complexity index is 4540. The Kier molecular flexibility index (Phi) is 29.6. The fraction of sp³-hybridized carbons (Fsp3) is 0.0700. The van der Waals surface area contributed by atoms with Crippen molar-refractivity contribution in [3.63, 3.8) is 0 Å². The van der Waals surface area contributed by atoms with Crippen molar-refractivity contribution < 1.29 is 33.6 Å². The highest BCUT2D eigenvalue weighted by atomic mass is 16.1. The van der Waals surface area contributed by atoms with E-state index in [-0.39, 0.29) is 28.9 Å². The number of hydrogen-bond acceptors (Lipinski definition) is 7. The van der Waals surface area contributed by atoms with Gasteiger partial charge in [-0.1, -0.05) is 415 Å². The van der Waals surface area contributed by atoms with Crippen LogP contribution in [0.3, 0.4) is 0 Å². The second kappa shape index (κ2) is 41.6. The van der Waals surface area contributed by atoms with Gasteiger partial charge in [0.05, 0.1) is 0 Å². The van der Waals surface area contributed by atoms with Gasteiger partial charge in [-0.2, -0.15) is 0 Å². The normalized spacial score (nSPS) is 11.9. The van der Waals surface area contributed by atoms with E-state index in [0.717, 1.165) is 68.2 Å². The van der Waals surface area contributed by atoms with Crippen LogP contribution in [0.5, 0.6) is 0 Å². The number of rotatable bonds is 21. The summed E-state index contributed by atoms with van der Waals surface area (Å²) in [5, 5.41) is 0. The summed E-state index contributed by atoms with van der Waals surface area (Å²) in [6.45, 7) is 0. The van der Waals surface area contributed by atoms with Crippen molar-refractivity contribution >= 4 is 88.1 Å². The van der Waals surface area contributed by atoms with E-state index in [1.54, 1.807) is 24.3 Å². The first-order chi connectivity index (χ1) is 52.6. The van der Waals surface area contributed by atoms with Gasteiger partial charge in [0.25, 0.3) is 0 Å². The number of hydrogen-bond donors (Lipinski definition) is 0. The quantitative estimate of drug-likeness (QED) is 0.0304. The molecule has 1 saturated carbocycles. The molecule has 0 spiro atoms. The fourth-order valence-corrected chi connectivity index (χ4v) is 11.8. The van der Waals surface area contributed by atoms with Crippen molar-refractivity contribution in [1.29, 1.82) is 0 Å². The highest BCUT2D eigenvalue weighted by Gasteiger charge is 2.19. The Morgan fingerprint density at radius 1 is 0.196 bits per heavy atom. The summed E-state index contributed by atoms with van der Waals surface area (Å²) in [7, 11) is 0. The first-order valence-corrected chi connectivity index (χ1v) is 35.9. The predicted octanol–water partition coefficient (Wildman–Crippen LogP) is 23.8. The molecule has 0 aromatic heterocycles. The zero-order valence-electron chi connectivity index (χ0n) is 59.6. The van der Waals surface area contributed by atoms with Gasteiger partial charge in [-0.15, -0.1) is 0 Å². The first-order valence-electron chi connectivity index (χ1n) is 35.9. The van der Waals surface area contributed by atoms with Crippen molar-refractivity contribution in [2.45, 2.75) is 44.9 Å². The van der Waals surface area contributed by atoms with Crippen molar-refractivity contribution in [2.24, 2.45) is 0 Å². The number of benzene rings is 13. The van der Waals surface area contributed by atoms with Crippen molar-refractivity contribution in [2.75, 3.05) is 0 Å². The van der Waals surface area contributed by atoms with Crippen LogP contribution in [-0.4, -0.2) is 41.5 Å². The number of carbonyl (C=O) groups is 7. The van der Waals surface area contributed by atoms with Crippen LogP contribution in [0.25, 0.3) is 46.6 Å². The largest absolute Gasteiger partial charge is 0.298 e. The summed E-state index contributed by atoms with van der Waals surface area (Å²) in [6.07, 6.45) is 18.7. The molecule has 0 aliphatic heterocycles. The average molecular weight is 1400 g/mol. The molecule has 0 heterocycles. The zero-order valence-corrected chi connectivity index (χ0v) is 59.6. The molecule has 0 amide bonds. The van der Waals surface area contributed by atoms with Crippen molar-refractivity contribution in [3.8, 4) is 0 Å². The molecule has 1 aliphatic carbocycles. The number of carbonyl (C=O) groups excluding carboxylic acids is 7. The lowest BCUT2D eigenvalue weighted by Crippen LogP contribution is -2.03. The molecular weight excluding hydrogens is 1310 g/mol. The molecule has 1 aliphatic rings. The minimum atomic E-state index is -0.0272. The second-order valence-electron chi connectivity index (χ2n) is 25.3. The molecule has 107 heavy (non-hydrogen) atoms. The Labute approximate surface area is 628 Å². The Morgan fingerprint density at radius 3 is 0.561 bits per heavy atom. The van der Waals surface area contributed by atoms with E-state index in [0.29, 0.717) is 62.1 Å². The molecule has 14 rings (SSSR count). The topological polar surface area (TPSA) is 119 Å². The van der Waals surface area contributed by atoms with E-state index < -0.39 is 0 Å². The van der Waals surface area contributed by atoms with Gasteiger partial charge in [0, 0.05) is 67.7 Å². The monoisotopic (exact) mass is 1390 g/mol. The van der Waals surface area contributed by atoms with Gasteiger partial charge < -0.3 is 0 Å². The van der Waals surface area contributed by atoms with Crippen molar-refractivity contribution in [1.82, 2.24) is 0 Å². The van der Waals surface area contributed by atoms with Gasteiger partial charge in [0.1, 0.15) is 12.6 Å². The maximum atomic E-state index is 13.4. The SMILES string of the molecule is C1CCCCC1.O=C(/C(=C/c1ccc(/C=C(/C(=O)c2ccccc2)c2ccccc2)cc1)c1ccccc1)c1ccccc1.O=C(/C(=C/c1ccc(/C=C(/C(=O)c2ccccc2)c2ccccc2)cc1)c1ccccc1)c1ccccc1.O=C(Cc1ccccc1)c1ccccc1.O=Cc1ccc(C=O)cc1. The Hall–Kier alpha value is -13.5. The third-order valence-corrected chi connectivity index (χ3v) is 17.6. The van der Waals surface area contributed by atoms with Crippen LogP contribution in [-0.2, 0) is 6.42 Å². The van der Waals surface area contributed by atoms with Crippen LogP contribution in [0.2, 0.25) is 0 Å². The molecule has 1 fully saturated rings. The lowest BCUT2D eigenvalue weighted by Gasteiger charge is -2.09. The summed E-state index contributed by atoms with van der Waals surface area (Å²) < 4.78 is 0. The van der Waals surface area contributed by atoms with Gasteiger partial charge in [0.2, 0.25) is 0 Å². The maximum Gasteiger partial charge on any atom is 0.193 e. The fourth-order valence-electron chi connectivity index (χ4n) is 11.8. The molecule has 13 aromatic rings. The van der Waals surface area contributed by atoms with Crippen molar-refractivity contribution in [3.05, 3.63) is 465 Å². The standard InChI is InChI=1S/2C36H26O2.C14H12O.C8H6O2.C6H12/c2*37-35(31-17-9-3-10-18-31)33(29-13-5-1-6-14-29)25-27-21-23-28(24-22-27)26-34(30-15-7-2-8-16-30)36(38)32-19-11-4-12-20-32;15-14(13-9-5-2-6-10-13)11-12-7-3-1-4-8-12;9-5-7-1-2-8(6-10)4-3-7;1-2-4-6-5-3-1/h2*1-26H;1-10H,11H2;1-6H;1-6H2/b2*33-25+,34-26+;;;. The smallest absolute Gasteiger partial charge is 0.193 e. The van der Waals surface area contributed by atoms with Crippen LogP contribution in [0.4, 0.5) is 0 Å². The minimum Gasteiger partial charge on any atom is -0.298 e. The first kappa shape index (κ1) is 76.2. The summed E-state index contributed by atoms with van der Waals surface area (Å²) in [6, 6.07) is 118. The summed E-state index contributed by atoms with van der Waals surface area (Å²) in [5.74, 6) is 0.0594. The van der Waals surface area contributed by atoms with Crippen LogP contribution >= 0.6 is 0 Å². The number of aldehydes is 2.